The molecule has 3 aliphatic rings. The van der Waals surface area contributed by atoms with Gasteiger partial charge in [-0.15, -0.1) is 0 Å². The molecule has 0 unspecified atom stereocenters. The third kappa shape index (κ3) is 1.51. The summed E-state index contributed by atoms with van der Waals surface area (Å²) in [6.45, 7) is 4.63. The largest absolute Gasteiger partial charge is 0.469 e. The molecular formula is C14H19NO4. The highest BCUT2D eigenvalue weighted by molar-refractivity contribution is 5.91. The van der Waals surface area contributed by atoms with E-state index in [1.54, 1.807) is 0 Å². The Balaban J connectivity index is 1.95. The molecule has 3 aliphatic heterocycles. The van der Waals surface area contributed by atoms with E-state index in [0.717, 1.165) is 6.42 Å². The van der Waals surface area contributed by atoms with E-state index in [2.05, 4.69) is 6.92 Å². The summed E-state index contributed by atoms with van der Waals surface area (Å²) in [6.07, 6.45) is 4.44. The number of nitrogens with zero attached hydrogens (tertiary/aromatic N) is 1. The fraction of sp³-hybridized carbons (Fsp3) is 0.714. The molecule has 1 spiro atoms. The molecule has 2 fully saturated rings. The van der Waals surface area contributed by atoms with Crippen LogP contribution in [-0.2, 0) is 19.1 Å². The van der Waals surface area contributed by atoms with Gasteiger partial charge < -0.3 is 14.4 Å². The number of ether oxygens (including phenoxy) is 2. The Bertz CT molecular complexity index is 460. The molecule has 5 heteroatoms. The van der Waals surface area contributed by atoms with Crippen LogP contribution < -0.4 is 0 Å². The van der Waals surface area contributed by atoms with Crippen molar-refractivity contribution in [3.63, 3.8) is 0 Å². The van der Waals surface area contributed by atoms with E-state index in [-0.39, 0.29) is 24.0 Å². The van der Waals surface area contributed by atoms with E-state index < -0.39 is 17.4 Å². The minimum atomic E-state index is -0.607. The van der Waals surface area contributed by atoms with Crippen molar-refractivity contribution in [2.45, 2.75) is 38.0 Å². The second-order valence-corrected chi connectivity index (χ2v) is 5.65. The third-order valence-electron chi connectivity index (χ3n) is 4.73. The highest BCUT2D eigenvalue weighted by Crippen LogP contribution is 2.52. The summed E-state index contributed by atoms with van der Waals surface area (Å²) >= 11 is 0. The van der Waals surface area contributed by atoms with Crippen molar-refractivity contribution in [2.75, 3.05) is 13.7 Å². The molecule has 1 amide bonds. The van der Waals surface area contributed by atoms with Gasteiger partial charge in [0.15, 0.2) is 0 Å². The zero-order valence-electron chi connectivity index (χ0n) is 11.5. The van der Waals surface area contributed by atoms with Gasteiger partial charge in [-0.2, -0.15) is 0 Å². The molecule has 0 aromatic heterocycles. The maximum atomic E-state index is 12.6. The van der Waals surface area contributed by atoms with Gasteiger partial charge in [-0.3, -0.25) is 9.59 Å². The maximum Gasteiger partial charge on any atom is 0.312 e. The van der Waals surface area contributed by atoms with Crippen molar-refractivity contribution in [3.8, 4) is 0 Å². The van der Waals surface area contributed by atoms with E-state index in [1.165, 1.54) is 7.11 Å². The summed E-state index contributed by atoms with van der Waals surface area (Å²) in [5, 5.41) is 0. The molecule has 3 rings (SSSR count). The Labute approximate surface area is 112 Å². The molecule has 0 N–H and O–H groups in total. The van der Waals surface area contributed by atoms with Crippen molar-refractivity contribution in [2.24, 2.45) is 11.8 Å². The molecule has 0 radical (unpaired) electrons. The van der Waals surface area contributed by atoms with Crippen LogP contribution in [0.2, 0.25) is 0 Å². The summed E-state index contributed by atoms with van der Waals surface area (Å²) in [7, 11) is 1.36. The van der Waals surface area contributed by atoms with Crippen LogP contribution in [0.25, 0.3) is 0 Å². The summed E-state index contributed by atoms with van der Waals surface area (Å²) in [5.41, 5.74) is -0.607. The fourth-order valence-corrected chi connectivity index (χ4v) is 3.53. The highest BCUT2D eigenvalue weighted by Gasteiger charge is 2.67. The van der Waals surface area contributed by atoms with Crippen molar-refractivity contribution >= 4 is 11.9 Å². The van der Waals surface area contributed by atoms with Gasteiger partial charge in [0, 0.05) is 6.04 Å². The molecular weight excluding hydrogens is 246 g/mol. The van der Waals surface area contributed by atoms with Crippen LogP contribution in [0, 0.1) is 11.8 Å². The first-order valence-corrected chi connectivity index (χ1v) is 6.79. The first-order valence-electron chi connectivity index (χ1n) is 6.79. The number of esters is 1. The van der Waals surface area contributed by atoms with Gasteiger partial charge in [-0.1, -0.05) is 19.1 Å². The first-order chi connectivity index (χ1) is 9.04. The maximum absolute atomic E-state index is 12.6. The number of rotatable bonds is 3. The smallest absolute Gasteiger partial charge is 0.312 e. The molecule has 5 nitrogen and oxygen atoms in total. The minimum Gasteiger partial charge on any atom is -0.469 e. The number of hydrogen-bond donors (Lipinski definition) is 0. The molecule has 2 bridgehead atoms. The van der Waals surface area contributed by atoms with Gasteiger partial charge >= 0.3 is 5.97 Å². The Morgan fingerprint density at radius 3 is 3.05 bits per heavy atom. The fourth-order valence-electron chi connectivity index (χ4n) is 3.53. The number of carbonyl (C=O) groups is 2. The Hall–Kier alpha value is -1.36. The van der Waals surface area contributed by atoms with Crippen molar-refractivity contribution in [1.82, 2.24) is 4.90 Å². The molecule has 19 heavy (non-hydrogen) atoms. The standard InChI is InChI=1S/C14H19NO4/c1-4-8(2)15-7-14-6-5-9(19-14)10(13(17)18-3)11(14)12(15)16/h5-6,8-11H,4,7H2,1-3H3/t8-,9+,10-,11+,14+/m0/s1. The van der Waals surface area contributed by atoms with E-state index in [0.29, 0.717) is 6.54 Å². The van der Waals surface area contributed by atoms with Gasteiger partial charge in [-0.25, -0.2) is 0 Å². The second kappa shape index (κ2) is 4.07. The Kier molecular flexibility index (Phi) is 2.71. The summed E-state index contributed by atoms with van der Waals surface area (Å²) in [5.74, 6) is -1.22. The molecule has 0 saturated carbocycles. The first kappa shape index (κ1) is 12.7. The van der Waals surface area contributed by atoms with Gasteiger partial charge in [0.1, 0.15) is 11.5 Å². The molecule has 104 valence electrons. The van der Waals surface area contributed by atoms with Crippen LogP contribution in [0.15, 0.2) is 12.2 Å². The zero-order chi connectivity index (χ0) is 13.8. The van der Waals surface area contributed by atoms with Gasteiger partial charge in [0.2, 0.25) is 5.91 Å². The van der Waals surface area contributed by atoms with Crippen LogP contribution in [0.1, 0.15) is 20.3 Å². The minimum absolute atomic E-state index is 0.0246. The lowest BCUT2D eigenvalue weighted by molar-refractivity contribution is -0.151. The number of likely N-dealkylation sites (tertiary alicyclic amines) is 1. The van der Waals surface area contributed by atoms with Gasteiger partial charge in [0.05, 0.1) is 25.7 Å². The average Bonchev–Trinajstić information content (AvgIpc) is 3.05. The molecule has 2 saturated heterocycles. The zero-order valence-corrected chi connectivity index (χ0v) is 11.5. The summed E-state index contributed by atoms with van der Waals surface area (Å²) in [4.78, 5) is 26.4. The van der Waals surface area contributed by atoms with Crippen LogP contribution in [-0.4, -0.2) is 48.2 Å². The van der Waals surface area contributed by atoms with E-state index >= 15 is 0 Å². The number of amides is 1. The number of hydrogen-bond acceptors (Lipinski definition) is 4. The molecule has 0 aromatic carbocycles. The normalized spacial score (nSPS) is 40.7. The number of carbonyl (C=O) groups excluding carboxylic acids is 2. The van der Waals surface area contributed by atoms with Crippen LogP contribution >= 0.6 is 0 Å². The van der Waals surface area contributed by atoms with E-state index in [9.17, 15) is 9.59 Å². The van der Waals surface area contributed by atoms with Crippen molar-refractivity contribution in [3.05, 3.63) is 12.2 Å². The van der Waals surface area contributed by atoms with E-state index in [1.807, 2.05) is 24.0 Å². The van der Waals surface area contributed by atoms with Crippen LogP contribution in [0.4, 0.5) is 0 Å². The number of methoxy groups -OCH3 is 1. The topological polar surface area (TPSA) is 55.8 Å². The van der Waals surface area contributed by atoms with Gasteiger partial charge in [-0.05, 0) is 13.3 Å². The SMILES string of the molecule is CC[C@H](C)N1C[C@@]23C=C[C@@H](O2)[C@H](C(=O)OC)[C@@H]3C1=O. The highest BCUT2D eigenvalue weighted by atomic mass is 16.5. The Morgan fingerprint density at radius 2 is 2.42 bits per heavy atom. The number of fused-ring (bicyclic) bond motifs is 1. The molecule has 5 atom stereocenters. The lowest BCUT2D eigenvalue weighted by Crippen LogP contribution is -2.40. The summed E-state index contributed by atoms with van der Waals surface area (Å²) < 4.78 is 10.8. The van der Waals surface area contributed by atoms with Gasteiger partial charge in [0.25, 0.3) is 0 Å². The second-order valence-electron chi connectivity index (χ2n) is 5.65. The summed E-state index contributed by atoms with van der Waals surface area (Å²) in [6, 6.07) is 0.168. The Morgan fingerprint density at radius 1 is 1.68 bits per heavy atom. The average molecular weight is 265 g/mol. The predicted molar refractivity (Wildman–Crippen MR) is 67.2 cm³/mol. The molecule has 0 aromatic rings. The van der Waals surface area contributed by atoms with Crippen molar-refractivity contribution < 1.29 is 19.1 Å². The van der Waals surface area contributed by atoms with E-state index in [4.69, 9.17) is 9.47 Å². The molecule has 3 heterocycles. The lowest BCUT2D eigenvalue weighted by Gasteiger charge is -2.26. The van der Waals surface area contributed by atoms with Crippen LogP contribution in [0.3, 0.4) is 0 Å². The monoisotopic (exact) mass is 265 g/mol. The third-order valence-corrected chi connectivity index (χ3v) is 4.73. The van der Waals surface area contributed by atoms with Crippen molar-refractivity contribution in [1.29, 1.82) is 0 Å². The lowest BCUT2D eigenvalue weighted by atomic mass is 9.77. The molecule has 0 aliphatic carbocycles. The quantitative estimate of drug-likeness (QED) is 0.558. The predicted octanol–water partition coefficient (Wildman–Crippen LogP) is 0.740. The van der Waals surface area contributed by atoms with Crippen LogP contribution in [0.5, 0.6) is 0 Å².